The van der Waals surface area contributed by atoms with Gasteiger partial charge in [0.05, 0.1) is 12.4 Å². The molecule has 1 aromatic heterocycles. The minimum Gasteiger partial charge on any atom is -0.368 e. The zero-order valence-corrected chi connectivity index (χ0v) is 10.2. The van der Waals surface area contributed by atoms with Gasteiger partial charge in [0.25, 0.3) is 0 Å². The summed E-state index contributed by atoms with van der Waals surface area (Å²) in [4.78, 5) is 8.17. The summed E-state index contributed by atoms with van der Waals surface area (Å²) in [5, 5.41) is 12.0. The third-order valence-corrected chi connectivity index (χ3v) is 3.52. The maximum atomic E-state index is 8.63. The molecule has 1 saturated carbocycles. The molecule has 1 aliphatic rings. The van der Waals surface area contributed by atoms with E-state index < -0.39 is 0 Å². The van der Waals surface area contributed by atoms with E-state index in [0.717, 1.165) is 12.4 Å². The molecule has 1 aliphatic carbocycles. The molecule has 0 atom stereocenters. The fraction of sp³-hybridized carbons (Fsp3) is 0.615. The van der Waals surface area contributed by atoms with Gasteiger partial charge in [-0.15, -0.1) is 0 Å². The van der Waals surface area contributed by atoms with E-state index in [-0.39, 0.29) is 0 Å². The summed E-state index contributed by atoms with van der Waals surface area (Å²) in [6, 6.07) is 1.97. The number of nitrogens with one attached hydrogen (secondary N) is 1. The van der Waals surface area contributed by atoms with Crippen LogP contribution < -0.4 is 5.32 Å². The first-order chi connectivity index (χ1) is 8.22. The topological polar surface area (TPSA) is 61.6 Å². The van der Waals surface area contributed by atoms with Crippen molar-refractivity contribution < 1.29 is 0 Å². The standard InChI is InChI=1S/C13H18N4/c1-13(5-3-2-4-6-13)10-17-12-9-15-11(7-14)8-16-12/h8-9H,2-6,10H2,1H3,(H,16,17). The zero-order valence-electron chi connectivity index (χ0n) is 10.2. The molecule has 1 N–H and O–H groups in total. The molecule has 1 heterocycles. The first kappa shape index (κ1) is 11.8. The van der Waals surface area contributed by atoms with Crippen molar-refractivity contribution in [1.29, 1.82) is 5.26 Å². The van der Waals surface area contributed by atoms with E-state index in [9.17, 15) is 0 Å². The Balaban J connectivity index is 1.90. The maximum Gasteiger partial charge on any atom is 0.158 e. The van der Waals surface area contributed by atoms with Crippen LogP contribution in [0.25, 0.3) is 0 Å². The Hall–Kier alpha value is -1.63. The second kappa shape index (κ2) is 5.13. The van der Waals surface area contributed by atoms with Gasteiger partial charge in [0, 0.05) is 6.54 Å². The molecule has 1 fully saturated rings. The first-order valence-corrected chi connectivity index (χ1v) is 6.18. The third kappa shape index (κ3) is 3.16. The molecule has 0 bridgehead atoms. The monoisotopic (exact) mass is 230 g/mol. The summed E-state index contributed by atoms with van der Waals surface area (Å²) >= 11 is 0. The van der Waals surface area contributed by atoms with Crippen molar-refractivity contribution >= 4 is 5.82 Å². The molecule has 1 aromatic rings. The fourth-order valence-electron chi connectivity index (χ4n) is 2.36. The second-order valence-electron chi connectivity index (χ2n) is 5.12. The lowest BCUT2D eigenvalue weighted by Gasteiger charge is -2.33. The Morgan fingerprint density at radius 2 is 2.06 bits per heavy atom. The number of rotatable bonds is 3. The number of nitriles is 1. The van der Waals surface area contributed by atoms with Gasteiger partial charge >= 0.3 is 0 Å². The van der Waals surface area contributed by atoms with Crippen LogP contribution in [0.2, 0.25) is 0 Å². The van der Waals surface area contributed by atoms with Crippen LogP contribution >= 0.6 is 0 Å². The summed E-state index contributed by atoms with van der Waals surface area (Å²) in [7, 11) is 0. The number of hydrogen-bond acceptors (Lipinski definition) is 4. The van der Waals surface area contributed by atoms with E-state index in [1.54, 1.807) is 6.20 Å². The third-order valence-electron chi connectivity index (χ3n) is 3.52. The van der Waals surface area contributed by atoms with Gasteiger partial charge in [-0.3, -0.25) is 0 Å². The molecular weight excluding hydrogens is 212 g/mol. The van der Waals surface area contributed by atoms with Gasteiger partial charge < -0.3 is 5.32 Å². The first-order valence-electron chi connectivity index (χ1n) is 6.18. The lowest BCUT2D eigenvalue weighted by Crippen LogP contribution is -2.29. The van der Waals surface area contributed by atoms with Crippen LogP contribution in [0, 0.1) is 16.7 Å². The van der Waals surface area contributed by atoms with Crippen molar-refractivity contribution in [2.24, 2.45) is 5.41 Å². The van der Waals surface area contributed by atoms with E-state index in [1.807, 2.05) is 6.07 Å². The second-order valence-corrected chi connectivity index (χ2v) is 5.12. The van der Waals surface area contributed by atoms with Gasteiger partial charge in [-0.25, -0.2) is 9.97 Å². The van der Waals surface area contributed by atoms with Crippen molar-refractivity contribution in [3.8, 4) is 6.07 Å². The molecular formula is C13H18N4. The lowest BCUT2D eigenvalue weighted by molar-refractivity contribution is 0.233. The quantitative estimate of drug-likeness (QED) is 0.867. The lowest BCUT2D eigenvalue weighted by atomic mass is 9.76. The smallest absolute Gasteiger partial charge is 0.158 e. The summed E-state index contributed by atoms with van der Waals surface area (Å²) in [5.74, 6) is 0.760. The van der Waals surface area contributed by atoms with E-state index in [4.69, 9.17) is 5.26 Å². The van der Waals surface area contributed by atoms with Gasteiger partial charge in [0.1, 0.15) is 11.9 Å². The molecule has 2 rings (SSSR count). The fourth-order valence-corrected chi connectivity index (χ4v) is 2.36. The molecule has 0 amide bonds. The predicted octanol–water partition coefficient (Wildman–Crippen LogP) is 2.73. The highest BCUT2D eigenvalue weighted by Gasteiger charge is 2.26. The van der Waals surface area contributed by atoms with Gasteiger partial charge in [0.15, 0.2) is 5.69 Å². The van der Waals surface area contributed by atoms with Crippen molar-refractivity contribution in [3.05, 3.63) is 18.1 Å². The Morgan fingerprint density at radius 3 is 2.65 bits per heavy atom. The molecule has 17 heavy (non-hydrogen) atoms. The number of nitrogens with zero attached hydrogens (tertiary/aromatic N) is 3. The van der Waals surface area contributed by atoms with Crippen LogP contribution in [0.15, 0.2) is 12.4 Å². The molecule has 0 aliphatic heterocycles. The highest BCUT2D eigenvalue weighted by Crippen LogP contribution is 2.35. The Morgan fingerprint density at radius 1 is 1.29 bits per heavy atom. The molecule has 0 saturated heterocycles. The average Bonchev–Trinajstić information content (AvgIpc) is 2.38. The molecule has 4 nitrogen and oxygen atoms in total. The molecule has 90 valence electrons. The maximum absolute atomic E-state index is 8.63. The van der Waals surface area contributed by atoms with Gasteiger partial charge in [-0.1, -0.05) is 26.2 Å². The van der Waals surface area contributed by atoms with Crippen molar-refractivity contribution in [2.45, 2.75) is 39.0 Å². The number of aromatic nitrogens is 2. The predicted molar refractivity (Wildman–Crippen MR) is 66.4 cm³/mol. The Labute approximate surface area is 102 Å². The molecule has 0 radical (unpaired) electrons. The van der Waals surface area contributed by atoms with E-state index in [1.165, 1.54) is 38.3 Å². The summed E-state index contributed by atoms with van der Waals surface area (Å²) < 4.78 is 0. The molecule has 4 heteroatoms. The van der Waals surface area contributed by atoms with Gasteiger partial charge in [-0.05, 0) is 18.3 Å². The summed E-state index contributed by atoms with van der Waals surface area (Å²) in [6.07, 6.45) is 9.73. The van der Waals surface area contributed by atoms with Crippen LogP contribution in [0.3, 0.4) is 0 Å². The van der Waals surface area contributed by atoms with E-state index in [0.29, 0.717) is 11.1 Å². The van der Waals surface area contributed by atoms with Crippen molar-refractivity contribution in [2.75, 3.05) is 11.9 Å². The summed E-state index contributed by atoms with van der Waals surface area (Å²) in [5.41, 5.74) is 0.743. The average molecular weight is 230 g/mol. The highest BCUT2D eigenvalue weighted by molar-refractivity contribution is 5.33. The van der Waals surface area contributed by atoms with Gasteiger partial charge in [-0.2, -0.15) is 5.26 Å². The Bertz CT molecular complexity index is 398. The van der Waals surface area contributed by atoms with Crippen molar-refractivity contribution in [3.63, 3.8) is 0 Å². The van der Waals surface area contributed by atoms with E-state index in [2.05, 4.69) is 22.2 Å². The molecule has 0 spiro atoms. The minimum atomic E-state index is 0.361. The number of anilines is 1. The van der Waals surface area contributed by atoms with Crippen LogP contribution in [0.1, 0.15) is 44.7 Å². The van der Waals surface area contributed by atoms with E-state index >= 15 is 0 Å². The Kier molecular flexibility index (Phi) is 3.58. The zero-order chi connectivity index (χ0) is 12.1. The van der Waals surface area contributed by atoms with Crippen LogP contribution in [0.4, 0.5) is 5.82 Å². The van der Waals surface area contributed by atoms with Crippen LogP contribution in [-0.2, 0) is 0 Å². The SMILES string of the molecule is CC1(CNc2cnc(C#N)cn2)CCCCC1. The summed E-state index contributed by atoms with van der Waals surface area (Å²) in [6.45, 7) is 3.27. The van der Waals surface area contributed by atoms with Gasteiger partial charge in [0.2, 0.25) is 0 Å². The number of hydrogen-bond donors (Lipinski definition) is 1. The van der Waals surface area contributed by atoms with Crippen molar-refractivity contribution in [1.82, 2.24) is 9.97 Å². The normalized spacial score (nSPS) is 18.4. The van der Waals surface area contributed by atoms with Crippen LogP contribution in [-0.4, -0.2) is 16.5 Å². The molecule has 0 aromatic carbocycles. The largest absolute Gasteiger partial charge is 0.368 e. The van der Waals surface area contributed by atoms with Crippen LogP contribution in [0.5, 0.6) is 0 Å². The minimum absolute atomic E-state index is 0.361. The molecule has 0 unspecified atom stereocenters. The highest BCUT2D eigenvalue weighted by atomic mass is 15.0.